The van der Waals surface area contributed by atoms with Gasteiger partial charge in [-0.3, -0.25) is 4.79 Å². The summed E-state index contributed by atoms with van der Waals surface area (Å²) in [5, 5.41) is 12.8. The standard InChI is InChI=1S/C12H13N3O2/c13-12-9(6-7-11(16)17)8-14-15(12)10-4-2-1-3-5-10/h1-5,8H,6-7,13H2,(H,16,17). The molecule has 2 rings (SSSR count). The molecule has 0 saturated carbocycles. The Hall–Kier alpha value is -2.30. The summed E-state index contributed by atoms with van der Waals surface area (Å²) in [6.07, 6.45) is 2.07. The summed E-state index contributed by atoms with van der Waals surface area (Å²) in [5.41, 5.74) is 7.56. The van der Waals surface area contributed by atoms with Crippen LogP contribution in [0.25, 0.3) is 5.69 Å². The molecule has 0 aliphatic rings. The molecule has 0 aliphatic heterocycles. The van der Waals surface area contributed by atoms with Gasteiger partial charge >= 0.3 is 5.97 Å². The van der Waals surface area contributed by atoms with E-state index in [9.17, 15) is 4.79 Å². The number of carboxylic acid groups (broad SMARTS) is 1. The van der Waals surface area contributed by atoms with Crippen molar-refractivity contribution in [2.75, 3.05) is 5.73 Å². The van der Waals surface area contributed by atoms with Gasteiger partial charge in [-0.05, 0) is 18.6 Å². The van der Waals surface area contributed by atoms with Crippen LogP contribution in [0.3, 0.4) is 0 Å². The highest BCUT2D eigenvalue weighted by atomic mass is 16.4. The van der Waals surface area contributed by atoms with Gasteiger partial charge in [-0.2, -0.15) is 5.10 Å². The molecule has 1 heterocycles. The number of anilines is 1. The van der Waals surface area contributed by atoms with Gasteiger partial charge in [0.05, 0.1) is 11.9 Å². The minimum absolute atomic E-state index is 0.0602. The van der Waals surface area contributed by atoms with Gasteiger partial charge in [-0.25, -0.2) is 4.68 Å². The van der Waals surface area contributed by atoms with Gasteiger partial charge in [-0.1, -0.05) is 18.2 Å². The van der Waals surface area contributed by atoms with E-state index >= 15 is 0 Å². The van der Waals surface area contributed by atoms with Gasteiger partial charge in [0, 0.05) is 12.0 Å². The Kier molecular flexibility index (Phi) is 3.09. The molecule has 2 aromatic rings. The van der Waals surface area contributed by atoms with Crippen LogP contribution in [0.15, 0.2) is 36.5 Å². The lowest BCUT2D eigenvalue weighted by Gasteiger charge is -2.04. The lowest BCUT2D eigenvalue weighted by molar-refractivity contribution is -0.136. The quantitative estimate of drug-likeness (QED) is 0.834. The summed E-state index contributed by atoms with van der Waals surface area (Å²) >= 11 is 0. The molecule has 0 atom stereocenters. The molecule has 0 saturated heterocycles. The highest BCUT2D eigenvalue weighted by Crippen LogP contribution is 2.17. The van der Waals surface area contributed by atoms with Crippen LogP contribution in [0.4, 0.5) is 5.82 Å². The van der Waals surface area contributed by atoms with Crippen molar-refractivity contribution in [3.05, 3.63) is 42.1 Å². The number of hydrogen-bond donors (Lipinski definition) is 2. The fraction of sp³-hybridized carbons (Fsp3) is 0.167. The van der Waals surface area contributed by atoms with Gasteiger partial charge in [0.2, 0.25) is 0 Å². The Morgan fingerprint density at radius 3 is 2.71 bits per heavy atom. The van der Waals surface area contributed by atoms with Gasteiger partial charge < -0.3 is 10.8 Å². The maximum atomic E-state index is 10.5. The zero-order valence-electron chi connectivity index (χ0n) is 9.21. The molecular formula is C12H13N3O2. The lowest BCUT2D eigenvalue weighted by atomic mass is 10.2. The molecule has 5 heteroatoms. The molecule has 0 radical (unpaired) electrons. The minimum Gasteiger partial charge on any atom is -0.481 e. The second-order valence-electron chi connectivity index (χ2n) is 3.70. The first-order valence-electron chi connectivity index (χ1n) is 5.28. The van der Waals surface area contributed by atoms with Crippen molar-refractivity contribution < 1.29 is 9.90 Å². The van der Waals surface area contributed by atoms with E-state index in [0.29, 0.717) is 12.2 Å². The zero-order valence-corrected chi connectivity index (χ0v) is 9.21. The molecule has 0 aliphatic carbocycles. The molecule has 17 heavy (non-hydrogen) atoms. The van der Waals surface area contributed by atoms with Crippen LogP contribution in [0, 0.1) is 0 Å². The second-order valence-corrected chi connectivity index (χ2v) is 3.70. The van der Waals surface area contributed by atoms with E-state index in [1.54, 1.807) is 10.9 Å². The third-order valence-corrected chi connectivity index (χ3v) is 2.50. The highest BCUT2D eigenvalue weighted by molar-refractivity contribution is 5.67. The van der Waals surface area contributed by atoms with Crippen molar-refractivity contribution >= 4 is 11.8 Å². The van der Waals surface area contributed by atoms with E-state index in [1.807, 2.05) is 30.3 Å². The Bertz CT molecular complexity index is 520. The molecular weight excluding hydrogens is 218 g/mol. The molecule has 1 aromatic carbocycles. The first-order chi connectivity index (χ1) is 8.18. The molecule has 5 nitrogen and oxygen atoms in total. The number of nitrogens with zero attached hydrogens (tertiary/aromatic N) is 2. The maximum absolute atomic E-state index is 10.5. The van der Waals surface area contributed by atoms with Crippen molar-refractivity contribution in [1.29, 1.82) is 0 Å². The number of nitrogen functional groups attached to an aromatic ring is 1. The predicted octanol–water partition coefficient (Wildman–Crippen LogP) is 1.47. The van der Waals surface area contributed by atoms with Gasteiger partial charge in [-0.15, -0.1) is 0 Å². The van der Waals surface area contributed by atoms with Crippen molar-refractivity contribution in [2.45, 2.75) is 12.8 Å². The van der Waals surface area contributed by atoms with Crippen LogP contribution in [-0.2, 0) is 11.2 Å². The molecule has 0 amide bonds. The SMILES string of the molecule is Nc1c(CCC(=O)O)cnn1-c1ccccc1. The van der Waals surface area contributed by atoms with Crippen molar-refractivity contribution in [1.82, 2.24) is 9.78 Å². The van der Waals surface area contributed by atoms with Crippen LogP contribution in [0.2, 0.25) is 0 Å². The highest BCUT2D eigenvalue weighted by Gasteiger charge is 2.09. The zero-order chi connectivity index (χ0) is 12.3. The Balaban J connectivity index is 2.24. The average Bonchev–Trinajstić information content (AvgIpc) is 2.69. The topological polar surface area (TPSA) is 81.1 Å². The molecule has 1 aromatic heterocycles. The van der Waals surface area contributed by atoms with Gasteiger partial charge in [0.25, 0.3) is 0 Å². The molecule has 0 bridgehead atoms. The number of aryl methyl sites for hydroxylation is 1. The van der Waals surface area contributed by atoms with Gasteiger partial charge in [0.1, 0.15) is 5.82 Å². The summed E-state index contributed by atoms with van der Waals surface area (Å²) in [4.78, 5) is 10.5. The number of carbonyl (C=O) groups is 1. The summed E-state index contributed by atoms with van der Waals surface area (Å²) < 4.78 is 1.61. The summed E-state index contributed by atoms with van der Waals surface area (Å²) in [5.74, 6) is -0.339. The molecule has 3 N–H and O–H groups in total. The molecule has 88 valence electrons. The van der Waals surface area contributed by atoms with E-state index in [-0.39, 0.29) is 6.42 Å². The van der Waals surface area contributed by atoms with E-state index in [2.05, 4.69) is 5.10 Å². The minimum atomic E-state index is -0.836. The van der Waals surface area contributed by atoms with E-state index in [1.165, 1.54) is 0 Å². The largest absolute Gasteiger partial charge is 0.481 e. The Morgan fingerprint density at radius 2 is 2.06 bits per heavy atom. The first kappa shape index (κ1) is 11.2. The van der Waals surface area contributed by atoms with E-state index in [0.717, 1.165) is 11.3 Å². The van der Waals surface area contributed by atoms with Crippen molar-refractivity contribution in [3.8, 4) is 5.69 Å². The third-order valence-electron chi connectivity index (χ3n) is 2.50. The number of nitrogens with two attached hydrogens (primary N) is 1. The third kappa shape index (κ3) is 2.44. The summed E-state index contributed by atoms with van der Waals surface area (Å²) in [6, 6.07) is 9.49. The Labute approximate surface area is 98.5 Å². The number of aliphatic carboxylic acids is 1. The number of carboxylic acids is 1. The number of benzene rings is 1. The van der Waals surface area contributed by atoms with Crippen LogP contribution < -0.4 is 5.73 Å². The number of rotatable bonds is 4. The summed E-state index contributed by atoms with van der Waals surface area (Å²) in [7, 11) is 0. The summed E-state index contributed by atoms with van der Waals surface area (Å²) in [6.45, 7) is 0. The van der Waals surface area contributed by atoms with Crippen LogP contribution >= 0.6 is 0 Å². The second kappa shape index (κ2) is 4.69. The van der Waals surface area contributed by atoms with Gasteiger partial charge in [0.15, 0.2) is 0 Å². The van der Waals surface area contributed by atoms with Crippen molar-refractivity contribution in [3.63, 3.8) is 0 Å². The van der Waals surface area contributed by atoms with Crippen molar-refractivity contribution in [2.24, 2.45) is 0 Å². The average molecular weight is 231 g/mol. The fourth-order valence-corrected chi connectivity index (χ4v) is 1.60. The maximum Gasteiger partial charge on any atom is 0.303 e. The van der Waals surface area contributed by atoms with Crippen LogP contribution in [0.5, 0.6) is 0 Å². The number of para-hydroxylation sites is 1. The molecule has 0 unspecified atom stereocenters. The molecule has 0 fully saturated rings. The smallest absolute Gasteiger partial charge is 0.303 e. The number of aromatic nitrogens is 2. The normalized spacial score (nSPS) is 10.4. The van der Waals surface area contributed by atoms with E-state index in [4.69, 9.17) is 10.8 Å². The molecule has 0 spiro atoms. The Morgan fingerprint density at radius 1 is 1.35 bits per heavy atom. The van der Waals surface area contributed by atoms with E-state index < -0.39 is 5.97 Å². The van der Waals surface area contributed by atoms with Crippen LogP contribution in [-0.4, -0.2) is 20.9 Å². The first-order valence-corrected chi connectivity index (χ1v) is 5.28. The number of hydrogen-bond acceptors (Lipinski definition) is 3. The monoisotopic (exact) mass is 231 g/mol. The lowest BCUT2D eigenvalue weighted by Crippen LogP contribution is -2.04. The van der Waals surface area contributed by atoms with Crippen LogP contribution in [0.1, 0.15) is 12.0 Å². The fourth-order valence-electron chi connectivity index (χ4n) is 1.60. The predicted molar refractivity (Wildman–Crippen MR) is 63.9 cm³/mol.